The van der Waals surface area contributed by atoms with E-state index in [2.05, 4.69) is 31.5 Å². The molecule has 2 rings (SSSR count). The second kappa shape index (κ2) is 4.72. The molecule has 1 amide bonds. The Labute approximate surface area is 96.6 Å². The molecular weight excluding hydrogens is 258 g/mol. The molecule has 15 heavy (non-hydrogen) atoms. The summed E-state index contributed by atoms with van der Waals surface area (Å²) in [6, 6.07) is 5.96. The molecule has 1 aliphatic carbocycles. The zero-order valence-electron chi connectivity index (χ0n) is 8.16. The van der Waals surface area contributed by atoms with E-state index in [-0.39, 0.29) is 5.91 Å². The smallest absolute Gasteiger partial charge is 0.239 e. The number of amides is 1. The van der Waals surface area contributed by atoms with Crippen molar-refractivity contribution in [2.24, 2.45) is 0 Å². The van der Waals surface area contributed by atoms with Crippen LogP contribution in [0.15, 0.2) is 22.8 Å². The van der Waals surface area contributed by atoms with Crippen LogP contribution in [0.25, 0.3) is 0 Å². The van der Waals surface area contributed by atoms with Crippen molar-refractivity contribution in [2.45, 2.75) is 18.9 Å². The van der Waals surface area contributed by atoms with Gasteiger partial charge in [0.15, 0.2) is 0 Å². The summed E-state index contributed by atoms with van der Waals surface area (Å²) in [6.07, 6.45) is 2.37. The highest BCUT2D eigenvalue weighted by Crippen LogP contribution is 2.18. The number of pyridine rings is 1. The number of nitrogens with one attached hydrogen (secondary N) is 2. The quantitative estimate of drug-likeness (QED) is 0.816. The molecule has 0 saturated heterocycles. The van der Waals surface area contributed by atoms with Crippen LogP contribution in [0.1, 0.15) is 12.8 Å². The minimum Gasteiger partial charge on any atom is -0.310 e. The van der Waals surface area contributed by atoms with E-state index in [4.69, 9.17) is 0 Å². The molecule has 0 aromatic carbocycles. The van der Waals surface area contributed by atoms with E-state index in [0.29, 0.717) is 18.4 Å². The molecule has 4 nitrogen and oxygen atoms in total. The van der Waals surface area contributed by atoms with E-state index in [1.54, 1.807) is 6.07 Å². The van der Waals surface area contributed by atoms with Crippen molar-refractivity contribution in [3.63, 3.8) is 0 Å². The number of anilines is 1. The molecule has 0 aliphatic heterocycles. The molecule has 1 heterocycles. The highest BCUT2D eigenvalue weighted by atomic mass is 79.9. The first-order valence-corrected chi connectivity index (χ1v) is 5.69. The Hall–Kier alpha value is -0.940. The van der Waals surface area contributed by atoms with Gasteiger partial charge in [-0.15, -0.1) is 0 Å². The fourth-order valence-corrected chi connectivity index (χ4v) is 1.53. The highest BCUT2D eigenvalue weighted by molar-refractivity contribution is 9.10. The van der Waals surface area contributed by atoms with E-state index in [1.165, 1.54) is 12.8 Å². The molecule has 1 saturated carbocycles. The second-order valence-electron chi connectivity index (χ2n) is 3.55. The maximum absolute atomic E-state index is 11.4. The molecule has 5 heteroatoms. The van der Waals surface area contributed by atoms with Gasteiger partial charge in [-0.2, -0.15) is 0 Å². The number of hydrogen-bond acceptors (Lipinski definition) is 3. The molecule has 80 valence electrons. The Balaban J connectivity index is 1.81. The first-order chi connectivity index (χ1) is 7.24. The van der Waals surface area contributed by atoms with Crippen molar-refractivity contribution < 1.29 is 4.79 Å². The van der Waals surface area contributed by atoms with Gasteiger partial charge in [-0.1, -0.05) is 6.07 Å². The molecular formula is C10H12BrN3O. The van der Waals surface area contributed by atoms with Gasteiger partial charge in [-0.3, -0.25) is 4.79 Å². The van der Waals surface area contributed by atoms with E-state index in [1.807, 2.05) is 12.1 Å². The first-order valence-electron chi connectivity index (χ1n) is 4.90. The third kappa shape index (κ3) is 3.60. The van der Waals surface area contributed by atoms with Gasteiger partial charge in [-0.05, 0) is 40.9 Å². The fourth-order valence-electron chi connectivity index (χ4n) is 1.19. The molecule has 0 radical (unpaired) electrons. The van der Waals surface area contributed by atoms with Crippen LogP contribution in [0.3, 0.4) is 0 Å². The van der Waals surface area contributed by atoms with Gasteiger partial charge in [0, 0.05) is 6.04 Å². The minimum absolute atomic E-state index is 0.0486. The number of aromatic nitrogens is 1. The molecule has 1 aromatic heterocycles. The maximum atomic E-state index is 11.4. The Kier molecular flexibility index (Phi) is 3.33. The molecule has 0 spiro atoms. The van der Waals surface area contributed by atoms with Gasteiger partial charge in [-0.25, -0.2) is 4.98 Å². The van der Waals surface area contributed by atoms with Crippen molar-refractivity contribution >= 4 is 27.7 Å². The standard InChI is InChI=1S/C10H12BrN3O/c11-8-2-1-3-9(13-8)14-10(15)6-12-7-4-5-7/h1-3,7,12H,4-6H2,(H,13,14,15). The van der Waals surface area contributed by atoms with Gasteiger partial charge < -0.3 is 10.6 Å². The molecule has 0 bridgehead atoms. The van der Waals surface area contributed by atoms with Gasteiger partial charge >= 0.3 is 0 Å². The Morgan fingerprint density at radius 2 is 2.33 bits per heavy atom. The molecule has 2 N–H and O–H groups in total. The summed E-state index contributed by atoms with van der Waals surface area (Å²) in [5, 5.41) is 5.86. The third-order valence-electron chi connectivity index (χ3n) is 2.11. The predicted octanol–water partition coefficient (Wildman–Crippen LogP) is 1.53. The number of carbonyl (C=O) groups is 1. The number of nitrogens with zero attached hydrogens (tertiary/aromatic N) is 1. The van der Waals surface area contributed by atoms with Crippen molar-refractivity contribution in [1.29, 1.82) is 0 Å². The Morgan fingerprint density at radius 1 is 1.53 bits per heavy atom. The average Bonchev–Trinajstić information content (AvgIpc) is 2.98. The van der Waals surface area contributed by atoms with Crippen molar-refractivity contribution in [3.8, 4) is 0 Å². The van der Waals surface area contributed by atoms with Gasteiger partial charge in [0.2, 0.25) is 5.91 Å². The number of hydrogen-bond donors (Lipinski definition) is 2. The first kappa shape index (κ1) is 10.6. The lowest BCUT2D eigenvalue weighted by molar-refractivity contribution is -0.115. The van der Waals surface area contributed by atoms with E-state index in [9.17, 15) is 4.79 Å². The lowest BCUT2D eigenvalue weighted by Gasteiger charge is -2.05. The molecule has 0 unspecified atom stereocenters. The second-order valence-corrected chi connectivity index (χ2v) is 4.36. The van der Waals surface area contributed by atoms with E-state index in [0.717, 1.165) is 4.60 Å². The van der Waals surface area contributed by atoms with Gasteiger partial charge in [0.05, 0.1) is 6.54 Å². The molecule has 1 aliphatic rings. The summed E-state index contributed by atoms with van der Waals surface area (Å²) >= 11 is 3.25. The van der Waals surface area contributed by atoms with Crippen LogP contribution in [0, 0.1) is 0 Å². The molecule has 0 atom stereocenters. The predicted molar refractivity (Wildman–Crippen MR) is 61.6 cm³/mol. The van der Waals surface area contributed by atoms with Crippen molar-refractivity contribution in [2.75, 3.05) is 11.9 Å². The monoisotopic (exact) mass is 269 g/mol. The summed E-state index contributed by atoms with van der Waals surface area (Å²) in [6.45, 7) is 0.360. The number of halogens is 1. The summed E-state index contributed by atoms with van der Waals surface area (Å²) in [7, 11) is 0. The summed E-state index contributed by atoms with van der Waals surface area (Å²) in [5.41, 5.74) is 0. The van der Waals surface area contributed by atoms with Crippen LogP contribution in [-0.4, -0.2) is 23.5 Å². The largest absolute Gasteiger partial charge is 0.310 e. The normalized spacial score (nSPS) is 15.0. The highest BCUT2D eigenvalue weighted by Gasteiger charge is 2.21. The Bertz CT molecular complexity index is 365. The van der Waals surface area contributed by atoms with Crippen LogP contribution in [0.4, 0.5) is 5.82 Å². The Morgan fingerprint density at radius 3 is 3.00 bits per heavy atom. The van der Waals surface area contributed by atoms with E-state index >= 15 is 0 Å². The maximum Gasteiger partial charge on any atom is 0.239 e. The average molecular weight is 270 g/mol. The summed E-state index contributed by atoms with van der Waals surface area (Å²) in [4.78, 5) is 15.5. The van der Waals surface area contributed by atoms with E-state index < -0.39 is 0 Å². The lowest BCUT2D eigenvalue weighted by atomic mass is 10.4. The minimum atomic E-state index is -0.0486. The molecule has 1 aromatic rings. The third-order valence-corrected chi connectivity index (χ3v) is 2.55. The van der Waals surface area contributed by atoms with Crippen LogP contribution >= 0.6 is 15.9 Å². The van der Waals surface area contributed by atoms with Crippen LogP contribution in [-0.2, 0) is 4.79 Å². The number of rotatable bonds is 4. The van der Waals surface area contributed by atoms with Crippen LogP contribution in [0.5, 0.6) is 0 Å². The number of carbonyl (C=O) groups excluding carboxylic acids is 1. The SMILES string of the molecule is O=C(CNC1CC1)Nc1cccc(Br)n1. The van der Waals surface area contributed by atoms with Crippen LogP contribution < -0.4 is 10.6 Å². The van der Waals surface area contributed by atoms with Crippen molar-refractivity contribution in [1.82, 2.24) is 10.3 Å². The molecule has 1 fully saturated rings. The van der Waals surface area contributed by atoms with Gasteiger partial charge in [0.25, 0.3) is 0 Å². The lowest BCUT2D eigenvalue weighted by Crippen LogP contribution is -2.29. The van der Waals surface area contributed by atoms with Crippen molar-refractivity contribution in [3.05, 3.63) is 22.8 Å². The fraction of sp³-hybridized carbons (Fsp3) is 0.400. The van der Waals surface area contributed by atoms with Crippen LogP contribution in [0.2, 0.25) is 0 Å². The summed E-state index contributed by atoms with van der Waals surface area (Å²) < 4.78 is 0.718. The topological polar surface area (TPSA) is 54.0 Å². The summed E-state index contributed by atoms with van der Waals surface area (Å²) in [5.74, 6) is 0.527. The zero-order chi connectivity index (χ0) is 10.7. The van der Waals surface area contributed by atoms with Gasteiger partial charge in [0.1, 0.15) is 10.4 Å². The zero-order valence-corrected chi connectivity index (χ0v) is 9.75.